The monoisotopic (exact) mass is 475 g/mol. The predicted octanol–water partition coefficient (Wildman–Crippen LogP) is 3.76. The van der Waals surface area contributed by atoms with Crippen LogP contribution in [0.5, 0.6) is 0 Å². The maximum absolute atomic E-state index is 13.0. The number of fused-ring (bicyclic) bond motifs is 5. The lowest BCUT2D eigenvalue weighted by atomic mass is 10.1. The summed E-state index contributed by atoms with van der Waals surface area (Å²) in [5, 5.41) is 9.12. The Kier molecular flexibility index (Phi) is 5.20. The van der Waals surface area contributed by atoms with Crippen molar-refractivity contribution in [2.24, 2.45) is 0 Å². The fraction of sp³-hybridized carbons (Fsp3) is 0.179. The smallest absolute Gasteiger partial charge is 0.332 e. The maximum atomic E-state index is 13.0. The zero-order valence-electron chi connectivity index (χ0n) is 20.2. The average Bonchev–Trinajstić information content (AvgIpc) is 3.60. The van der Waals surface area contributed by atoms with E-state index in [9.17, 15) is 4.79 Å². The first-order valence-corrected chi connectivity index (χ1v) is 11.8. The highest BCUT2D eigenvalue weighted by Crippen LogP contribution is 2.34. The van der Waals surface area contributed by atoms with Gasteiger partial charge in [-0.15, -0.1) is 0 Å². The molecule has 0 atom stereocenters. The predicted molar refractivity (Wildman–Crippen MR) is 138 cm³/mol. The number of nitriles is 1. The normalized spacial score (nSPS) is 12.1. The van der Waals surface area contributed by atoms with Crippen molar-refractivity contribution in [2.45, 2.75) is 13.1 Å². The molecule has 6 rings (SSSR count). The van der Waals surface area contributed by atoms with Gasteiger partial charge in [0.15, 0.2) is 5.82 Å². The topological polar surface area (TPSA) is 76.7 Å². The van der Waals surface area contributed by atoms with Gasteiger partial charge in [-0.05, 0) is 61.6 Å². The zero-order chi connectivity index (χ0) is 24.8. The number of rotatable bonds is 5. The second-order valence-electron chi connectivity index (χ2n) is 9.31. The molecule has 1 aliphatic rings. The molecule has 0 saturated heterocycles. The van der Waals surface area contributed by atoms with Crippen LogP contribution in [0.25, 0.3) is 34.0 Å². The summed E-state index contributed by atoms with van der Waals surface area (Å²) in [4.78, 5) is 19.8. The molecule has 4 heterocycles. The van der Waals surface area contributed by atoms with Crippen LogP contribution in [0, 0.1) is 11.3 Å². The molecule has 2 aromatic carbocycles. The van der Waals surface area contributed by atoms with Crippen LogP contribution in [-0.2, 0) is 13.1 Å². The van der Waals surface area contributed by atoms with Crippen molar-refractivity contribution in [1.82, 2.24) is 28.2 Å². The lowest BCUT2D eigenvalue weighted by molar-refractivity contribution is 0.380. The van der Waals surface area contributed by atoms with Crippen molar-refractivity contribution in [3.8, 4) is 40.1 Å². The van der Waals surface area contributed by atoms with E-state index in [1.165, 1.54) is 0 Å². The molecule has 178 valence electrons. The summed E-state index contributed by atoms with van der Waals surface area (Å²) in [7, 11) is 4.00. The lowest BCUT2D eigenvalue weighted by Gasteiger charge is -2.12. The molecule has 0 spiro atoms. The number of benzene rings is 2. The number of aromatic nitrogens is 5. The third-order valence-corrected chi connectivity index (χ3v) is 6.69. The summed E-state index contributed by atoms with van der Waals surface area (Å²) < 4.78 is 7.75. The van der Waals surface area contributed by atoms with Crippen molar-refractivity contribution < 1.29 is 0 Å². The highest BCUT2D eigenvalue weighted by atomic mass is 16.1. The molecule has 8 nitrogen and oxygen atoms in total. The van der Waals surface area contributed by atoms with E-state index in [4.69, 9.17) is 5.26 Å². The molecular formula is C28H25N7O. The van der Waals surface area contributed by atoms with E-state index in [-0.39, 0.29) is 5.69 Å². The van der Waals surface area contributed by atoms with E-state index >= 15 is 0 Å². The summed E-state index contributed by atoms with van der Waals surface area (Å²) in [6.45, 7) is 2.09. The van der Waals surface area contributed by atoms with Gasteiger partial charge in [0.25, 0.3) is 0 Å². The Balaban J connectivity index is 1.41. The Labute approximate surface area is 208 Å². The van der Waals surface area contributed by atoms with E-state index < -0.39 is 0 Å². The molecule has 36 heavy (non-hydrogen) atoms. The van der Waals surface area contributed by atoms with E-state index in [1.807, 2.05) is 69.2 Å². The third-order valence-electron chi connectivity index (χ3n) is 6.69. The van der Waals surface area contributed by atoms with E-state index in [0.717, 1.165) is 46.1 Å². The highest BCUT2D eigenvalue weighted by Gasteiger charge is 2.22. The van der Waals surface area contributed by atoms with Crippen LogP contribution in [0.4, 0.5) is 0 Å². The van der Waals surface area contributed by atoms with Gasteiger partial charge in [0.1, 0.15) is 0 Å². The van der Waals surface area contributed by atoms with E-state index in [0.29, 0.717) is 18.7 Å². The van der Waals surface area contributed by atoms with Crippen molar-refractivity contribution in [2.75, 3.05) is 20.6 Å². The van der Waals surface area contributed by atoms with Gasteiger partial charge in [-0.2, -0.15) is 5.26 Å². The van der Waals surface area contributed by atoms with Gasteiger partial charge in [0, 0.05) is 56.2 Å². The van der Waals surface area contributed by atoms with Gasteiger partial charge in [0.2, 0.25) is 0 Å². The Bertz CT molecular complexity index is 1670. The minimum Gasteiger partial charge on any atom is -0.340 e. The molecule has 5 aromatic rings. The molecule has 0 radical (unpaired) electrons. The molecule has 0 bridgehead atoms. The number of likely N-dealkylation sites (N-methyl/N-ethyl adjacent to an activating group) is 1. The number of nitrogens with zero attached hydrogens (tertiary/aromatic N) is 7. The molecule has 0 N–H and O–H groups in total. The Morgan fingerprint density at radius 2 is 1.83 bits per heavy atom. The summed E-state index contributed by atoms with van der Waals surface area (Å²) in [5.74, 6) is 0.869. The molecular weight excluding hydrogens is 450 g/mol. The van der Waals surface area contributed by atoms with Gasteiger partial charge in [0.05, 0.1) is 28.7 Å². The Morgan fingerprint density at radius 1 is 1.00 bits per heavy atom. The summed E-state index contributed by atoms with van der Waals surface area (Å²) in [5.41, 5.74) is 6.72. The van der Waals surface area contributed by atoms with Crippen molar-refractivity contribution in [3.63, 3.8) is 0 Å². The highest BCUT2D eigenvalue weighted by molar-refractivity contribution is 5.72. The lowest BCUT2D eigenvalue weighted by Crippen LogP contribution is -2.27. The molecule has 0 amide bonds. The fourth-order valence-electron chi connectivity index (χ4n) is 4.77. The number of hydrogen-bond acceptors (Lipinski definition) is 4. The van der Waals surface area contributed by atoms with Crippen molar-refractivity contribution in [1.29, 1.82) is 5.26 Å². The van der Waals surface area contributed by atoms with Crippen LogP contribution in [-0.4, -0.2) is 48.8 Å². The average molecular weight is 476 g/mol. The van der Waals surface area contributed by atoms with Gasteiger partial charge in [-0.25, -0.2) is 9.78 Å². The van der Waals surface area contributed by atoms with Gasteiger partial charge < -0.3 is 9.47 Å². The first-order chi connectivity index (χ1) is 17.5. The standard InChI is InChI=1S/C28H25N7O/c1-31(2)11-12-32-13-14-34(28(32)36)24-7-8-25-23(15-24)19-33-18-22(21-5-3-20(17-29)4-6-21)16-26(33)27-30-9-10-35(25)27/h3-10,13-16,18H,11-12,19H2,1-2H3. The van der Waals surface area contributed by atoms with Crippen LogP contribution in [0.15, 0.2) is 84.3 Å². The van der Waals surface area contributed by atoms with Crippen LogP contribution in [0.3, 0.4) is 0 Å². The Hall–Kier alpha value is -4.61. The SMILES string of the molecule is CN(C)CCn1ccn(-c2ccc3c(c2)Cn2cc(-c4ccc(C#N)cc4)cc2-c2nccn2-3)c1=O. The zero-order valence-corrected chi connectivity index (χ0v) is 20.2. The van der Waals surface area contributed by atoms with E-state index in [2.05, 4.69) is 49.5 Å². The second-order valence-corrected chi connectivity index (χ2v) is 9.31. The Morgan fingerprint density at radius 3 is 2.61 bits per heavy atom. The number of hydrogen-bond donors (Lipinski definition) is 0. The molecule has 0 unspecified atom stereocenters. The fourth-order valence-corrected chi connectivity index (χ4v) is 4.77. The van der Waals surface area contributed by atoms with Crippen LogP contribution >= 0.6 is 0 Å². The first kappa shape index (κ1) is 21.9. The molecule has 0 saturated carbocycles. The molecule has 0 aliphatic carbocycles. The third kappa shape index (κ3) is 3.67. The second kappa shape index (κ2) is 8.56. The van der Waals surface area contributed by atoms with Gasteiger partial charge in [-0.1, -0.05) is 12.1 Å². The van der Waals surface area contributed by atoms with Gasteiger partial charge in [-0.3, -0.25) is 13.7 Å². The quantitative estimate of drug-likeness (QED) is 0.381. The minimum atomic E-state index is -0.0431. The van der Waals surface area contributed by atoms with E-state index in [1.54, 1.807) is 9.13 Å². The molecule has 1 aliphatic heterocycles. The summed E-state index contributed by atoms with van der Waals surface area (Å²) in [6, 6.07) is 18.1. The van der Waals surface area contributed by atoms with Crippen molar-refractivity contribution in [3.05, 3.63) is 101 Å². The maximum Gasteiger partial charge on any atom is 0.332 e. The number of imidazole rings is 2. The largest absolute Gasteiger partial charge is 0.340 e. The molecule has 0 fully saturated rings. The van der Waals surface area contributed by atoms with Crippen LogP contribution in [0.2, 0.25) is 0 Å². The van der Waals surface area contributed by atoms with Crippen LogP contribution < -0.4 is 5.69 Å². The summed E-state index contributed by atoms with van der Waals surface area (Å²) >= 11 is 0. The molecule has 8 heteroatoms. The minimum absolute atomic E-state index is 0.0431. The first-order valence-electron chi connectivity index (χ1n) is 11.8. The van der Waals surface area contributed by atoms with Gasteiger partial charge >= 0.3 is 5.69 Å². The van der Waals surface area contributed by atoms with Crippen LogP contribution in [0.1, 0.15) is 11.1 Å². The molecule has 3 aromatic heterocycles. The summed E-state index contributed by atoms with van der Waals surface area (Å²) in [6.07, 6.45) is 9.60. The van der Waals surface area contributed by atoms with Crippen molar-refractivity contribution >= 4 is 0 Å².